The van der Waals surface area contributed by atoms with E-state index in [4.69, 9.17) is 9.26 Å². The van der Waals surface area contributed by atoms with E-state index in [1.807, 2.05) is 0 Å². The summed E-state index contributed by atoms with van der Waals surface area (Å²) in [5, 5.41) is 16.0. The number of aryl methyl sites for hydroxylation is 1. The molecule has 6 heteroatoms. The number of nitrogens with one attached hydrogen (secondary N) is 1. The van der Waals surface area contributed by atoms with E-state index in [0.717, 1.165) is 0 Å². The molecule has 1 amide bonds. The van der Waals surface area contributed by atoms with Gasteiger partial charge in [0.25, 0.3) is 5.91 Å². The number of rotatable bonds is 3. The maximum Gasteiger partial charge on any atom is 0.290 e. The second-order valence-electron chi connectivity index (χ2n) is 4.05. The Kier molecular flexibility index (Phi) is 2.93. The molecule has 2 heterocycles. The Morgan fingerprint density at radius 1 is 1.75 bits per heavy atom. The molecule has 88 valence electrons. The molecule has 1 unspecified atom stereocenters. The van der Waals surface area contributed by atoms with Crippen LogP contribution in [0.3, 0.4) is 0 Å². The molecule has 0 aromatic carbocycles. The van der Waals surface area contributed by atoms with Crippen LogP contribution >= 0.6 is 0 Å². The van der Waals surface area contributed by atoms with Crippen LogP contribution in [0.5, 0.6) is 0 Å². The molecule has 2 N–H and O–H groups in total. The average molecular weight is 226 g/mol. The molecule has 16 heavy (non-hydrogen) atoms. The molecule has 1 atom stereocenters. The van der Waals surface area contributed by atoms with Crippen LogP contribution in [0.1, 0.15) is 22.5 Å². The smallest absolute Gasteiger partial charge is 0.290 e. The van der Waals surface area contributed by atoms with E-state index in [1.54, 1.807) is 6.92 Å². The molecule has 1 aromatic heterocycles. The van der Waals surface area contributed by atoms with Crippen molar-refractivity contribution in [3.8, 4) is 0 Å². The summed E-state index contributed by atoms with van der Waals surface area (Å²) in [7, 11) is 0. The van der Waals surface area contributed by atoms with Gasteiger partial charge in [0, 0.05) is 25.1 Å². The fourth-order valence-electron chi connectivity index (χ4n) is 1.57. The van der Waals surface area contributed by atoms with E-state index in [9.17, 15) is 9.90 Å². The molecule has 0 bridgehead atoms. The van der Waals surface area contributed by atoms with E-state index in [2.05, 4.69) is 10.5 Å². The zero-order valence-electron chi connectivity index (χ0n) is 9.02. The third-order valence-electron chi connectivity index (χ3n) is 2.62. The maximum absolute atomic E-state index is 11.6. The second-order valence-corrected chi connectivity index (χ2v) is 4.05. The van der Waals surface area contributed by atoms with Gasteiger partial charge in [0.15, 0.2) is 0 Å². The minimum absolute atomic E-state index is 0.159. The summed E-state index contributed by atoms with van der Waals surface area (Å²) in [6.07, 6.45) is 2.00. The molecule has 2 rings (SSSR count). The van der Waals surface area contributed by atoms with E-state index in [1.165, 1.54) is 6.20 Å². The molecular weight excluding hydrogens is 212 g/mol. The Morgan fingerprint density at radius 2 is 2.56 bits per heavy atom. The molecule has 1 saturated heterocycles. The number of amides is 1. The summed E-state index contributed by atoms with van der Waals surface area (Å²) >= 11 is 0. The minimum atomic E-state index is -0.955. The highest BCUT2D eigenvalue weighted by molar-refractivity contribution is 5.92. The maximum atomic E-state index is 11.6. The fourth-order valence-corrected chi connectivity index (χ4v) is 1.57. The van der Waals surface area contributed by atoms with Crippen molar-refractivity contribution in [1.82, 2.24) is 10.5 Å². The van der Waals surface area contributed by atoms with Crippen LogP contribution in [0, 0.1) is 6.92 Å². The van der Waals surface area contributed by atoms with Gasteiger partial charge < -0.3 is 19.7 Å². The van der Waals surface area contributed by atoms with Gasteiger partial charge in [-0.15, -0.1) is 0 Å². The second kappa shape index (κ2) is 4.23. The van der Waals surface area contributed by atoms with Crippen molar-refractivity contribution in [2.24, 2.45) is 0 Å². The SMILES string of the molecule is Cc1cnoc1C(=O)NCC1(O)CCOC1. The van der Waals surface area contributed by atoms with Gasteiger partial charge in [-0.25, -0.2) is 0 Å². The quantitative estimate of drug-likeness (QED) is 0.749. The Morgan fingerprint density at radius 3 is 3.12 bits per heavy atom. The van der Waals surface area contributed by atoms with Crippen LogP contribution in [0.4, 0.5) is 0 Å². The van der Waals surface area contributed by atoms with Crippen molar-refractivity contribution in [3.05, 3.63) is 17.5 Å². The molecule has 1 aromatic rings. The summed E-state index contributed by atoms with van der Waals surface area (Å²) in [5.41, 5.74) is -0.281. The van der Waals surface area contributed by atoms with Gasteiger partial charge >= 0.3 is 0 Å². The minimum Gasteiger partial charge on any atom is -0.386 e. The summed E-state index contributed by atoms with van der Waals surface area (Å²) in [6, 6.07) is 0. The lowest BCUT2D eigenvalue weighted by Crippen LogP contribution is -2.43. The molecule has 0 radical (unpaired) electrons. The predicted molar refractivity (Wildman–Crippen MR) is 54.0 cm³/mol. The highest BCUT2D eigenvalue weighted by Gasteiger charge is 2.33. The van der Waals surface area contributed by atoms with Crippen LogP contribution in [-0.2, 0) is 4.74 Å². The Bertz CT molecular complexity index is 382. The summed E-state index contributed by atoms with van der Waals surface area (Å²) in [5.74, 6) is -0.183. The largest absolute Gasteiger partial charge is 0.386 e. The topological polar surface area (TPSA) is 84.6 Å². The Hall–Kier alpha value is -1.40. The van der Waals surface area contributed by atoms with Gasteiger partial charge in [-0.2, -0.15) is 0 Å². The van der Waals surface area contributed by atoms with Crippen LogP contribution in [-0.4, -0.2) is 41.5 Å². The van der Waals surface area contributed by atoms with Crippen molar-refractivity contribution in [2.45, 2.75) is 18.9 Å². The lowest BCUT2D eigenvalue weighted by Gasteiger charge is -2.20. The number of hydrogen-bond acceptors (Lipinski definition) is 5. The lowest BCUT2D eigenvalue weighted by atomic mass is 10.0. The van der Waals surface area contributed by atoms with Crippen molar-refractivity contribution in [1.29, 1.82) is 0 Å². The first-order valence-electron chi connectivity index (χ1n) is 5.10. The molecular formula is C10H14N2O4. The number of hydrogen-bond donors (Lipinski definition) is 2. The molecule has 1 aliphatic heterocycles. The number of aliphatic hydroxyl groups is 1. The van der Waals surface area contributed by atoms with Gasteiger partial charge in [-0.1, -0.05) is 5.16 Å². The highest BCUT2D eigenvalue weighted by Crippen LogP contribution is 2.17. The highest BCUT2D eigenvalue weighted by atomic mass is 16.5. The Labute approximate surface area is 92.6 Å². The molecule has 1 fully saturated rings. The molecule has 1 aliphatic rings. The van der Waals surface area contributed by atoms with Crippen LogP contribution < -0.4 is 5.32 Å². The molecule has 0 spiro atoms. The molecule has 0 saturated carbocycles. The Balaban J connectivity index is 1.91. The van der Waals surface area contributed by atoms with Crippen LogP contribution in [0.2, 0.25) is 0 Å². The summed E-state index contributed by atoms with van der Waals surface area (Å²) < 4.78 is 9.87. The number of nitrogens with zero attached hydrogens (tertiary/aromatic N) is 1. The average Bonchev–Trinajstić information content (AvgIpc) is 2.85. The van der Waals surface area contributed by atoms with E-state index in [-0.39, 0.29) is 24.8 Å². The summed E-state index contributed by atoms with van der Waals surface area (Å²) in [6.45, 7) is 2.67. The van der Waals surface area contributed by atoms with Gasteiger partial charge in [-0.05, 0) is 6.92 Å². The fraction of sp³-hybridized carbons (Fsp3) is 0.600. The first kappa shape index (κ1) is 11.1. The summed E-state index contributed by atoms with van der Waals surface area (Å²) in [4.78, 5) is 11.6. The number of carbonyl (C=O) groups is 1. The van der Waals surface area contributed by atoms with Gasteiger partial charge in [0.05, 0.1) is 12.8 Å². The standard InChI is InChI=1S/C10H14N2O4/c1-7-4-12-16-8(7)9(13)11-5-10(14)2-3-15-6-10/h4,14H,2-3,5-6H2,1H3,(H,11,13). The van der Waals surface area contributed by atoms with Crippen molar-refractivity contribution in [3.63, 3.8) is 0 Å². The first-order valence-corrected chi connectivity index (χ1v) is 5.10. The van der Waals surface area contributed by atoms with Gasteiger partial charge in [-0.3, -0.25) is 4.79 Å². The van der Waals surface area contributed by atoms with Crippen molar-refractivity contribution >= 4 is 5.91 Å². The number of aromatic nitrogens is 1. The van der Waals surface area contributed by atoms with E-state index in [0.29, 0.717) is 18.6 Å². The normalized spacial score (nSPS) is 24.6. The third-order valence-corrected chi connectivity index (χ3v) is 2.62. The van der Waals surface area contributed by atoms with Crippen LogP contribution in [0.15, 0.2) is 10.7 Å². The zero-order chi connectivity index (χ0) is 11.6. The zero-order valence-corrected chi connectivity index (χ0v) is 9.02. The predicted octanol–water partition coefficient (Wildman–Crippen LogP) is -0.136. The van der Waals surface area contributed by atoms with E-state index < -0.39 is 5.60 Å². The van der Waals surface area contributed by atoms with Crippen LogP contribution in [0.25, 0.3) is 0 Å². The molecule has 0 aliphatic carbocycles. The van der Waals surface area contributed by atoms with Gasteiger partial charge in [0.2, 0.25) is 5.76 Å². The van der Waals surface area contributed by atoms with Gasteiger partial charge in [0.1, 0.15) is 5.60 Å². The number of ether oxygens (including phenoxy) is 1. The lowest BCUT2D eigenvalue weighted by molar-refractivity contribution is 0.0260. The van der Waals surface area contributed by atoms with E-state index >= 15 is 0 Å². The molecule has 6 nitrogen and oxygen atoms in total. The van der Waals surface area contributed by atoms with Crippen molar-refractivity contribution < 1.29 is 19.2 Å². The monoisotopic (exact) mass is 226 g/mol. The van der Waals surface area contributed by atoms with Crippen molar-refractivity contribution in [2.75, 3.05) is 19.8 Å². The number of carbonyl (C=O) groups excluding carboxylic acids is 1. The first-order chi connectivity index (χ1) is 7.61. The third kappa shape index (κ3) is 2.23.